The molecule has 1 aromatic rings. The minimum atomic E-state index is -1.16. The number of halogens is 1. The van der Waals surface area contributed by atoms with Gasteiger partial charge in [-0.05, 0) is 24.7 Å². The maximum absolute atomic E-state index is 13.1. The standard InChI is InChI=1S/C13H18FN3O3/c1-8-2-4-9(5-3-8)6-15-12(19)17-7-10(14)11(18)16-13(17)20/h7-9H,2-6H2,1H3,(H,15,19)(H,16,18,20). The Balaban J connectivity index is 1.97. The summed E-state index contributed by atoms with van der Waals surface area (Å²) in [6.45, 7) is 2.66. The van der Waals surface area contributed by atoms with Crippen molar-refractivity contribution < 1.29 is 9.18 Å². The van der Waals surface area contributed by atoms with Crippen LogP contribution in [0.25, 0.3) is 0 Å². The average Bonchev–Trinajstić information content (AvgIpc) is 2.42. The highest BCUT2D eigenvalue weighted by Crippen LogP contribution is 2.27. The zero-order valence-corrected chi connectivity index (χ0v) is 11.3. The van der Waals surface area contributed by atoms with Crippen LogP contribution in [0.2, 0.25) is 0 Å². The third-order valence-electron chi connectivity index (χ3n) is 3.79. The predicted octanol–water partition coefficient (Wildman–Crippen LogP) is 1.06. The molecule has 0 atom stereocenters. The molecule has 0 bridgehead atoms. The van der Waals surface area contributed by atoms with E-state index in [1.54, 1.807) is 4.98 Å². The van der Waals surface area contributed by atoms with Crippen LogP contribution in [0, 0.1) is 17.7 Å². The molecule has 0 aliphatic heterocycles. The Morgan fingerprint density at radius 3 is 2.70 bits per heavy atom. The molecule has 1 aromatic heterocycles. The molecule has 0 saturated heterocycles. The van der Waals surface area contributed by atoms with Crippen LogP contribution < -0.4 is 16.6 Å². The summed E-state index contributed by atoms with van der Waals surface area (Å²) in [5.41, 5.74) is -2.06. The third kappa shape index (κ3) is 3.34. The second-order valence-corrected chi connectivity index (χ2v) is 5.42. The molecule has 20 heavy (non-hydrogen) atoms. The van der Waals surface area contributed by atoms with E-state index in [0.717, 1.165) is 31.6 Å². The molecule has 1 fully saturated rings. The highest BCUT2D eigenvalue weighted by molar-refractivity contribution is 5.76. The zero-order chi connectivity index (χ0) is 14.7. The monoisotopic (exact) mass is 283 g/mol. The van der Waals surface area contributed by atoms with E-state index in [4.69, 9.17) is 0 Å². The van der Waals surface area contributed by atoms with Crippen LogP contribution in [0.1, 0.15) is 32.6 Å². The number of carbonyl (C=O) groups excluding carboxylic acids is 1. The summed E-state index contributed by atoms with van der Waals surface area (Å²) in [6.07, 6.45) is 4.95. The topological polar surface area (TPSA) is 84.0 Å². The summed E-state index contributed by atoms with van der Waals surface area (Å²) in [5.74, 6) is -0.0532. The lowest BCUT2D eigenvalue weighted by molar-refractivity contribution is 0.232. The summed E-state index contributed by atoms with van der Waals surface area (Å²) in [6, 6.07) is -0.719. The number of rotatable bonds is 2. The maximum atomic E-state index is 13.1. The van der Waals surface area contributed by atoms with Gasteiger partial charge in [-0.15, -0.1) is 0 Å². The van der Waals surface area contributed by atoms with Crippen molar-refractivity contribution in [3.05, 3.63) is 32.9 Å². The van der Waals surface area contributed by atoms with Crippen LogP contribution in [-0.4, -0.2) is 22.1 Å². The molecule has 1 amide bonds. The second-order valence-electron chi connectivity index (χ2n) is 5.42. The molecular formula is C13H18FN3O3. The largest absolute Gasteiger partial charge is 0.337 e. The summed E-state index contributed by atoms with van der Waals surface area (Å²) in [5, 5.41) is 2.61. The van der Waals surface area contributed by atoms with Gasteiger partial charge in [0.1, 0.15) is 0 Å². The minimum Gasteiger partial charge on any atom is -0.337 e. The van der Waals surface area contributed by atoms with Crippen LogP contribution in [0.15, 0.2) is 15.8 Å². The lowest BCUT2D eigenvalue weighted by Gasteiger charge is -2.26. The number of amides is 1. The second kappa shape index (κ2) is 6.02. The summed E-state index contributed by atoms with van der Waals surface area (Å²) >= 11 is 0. The van der Waals surface area contributed by atoms with Gasteiger partial charge in [-0.25, -0.2) is 14.2 Å². The molecule has 6 nitrogen and oxygen atoms in total. The molecule has 7 heteroatoms. The Labute approximate surface area is 115 Å². The van der Waals surface area contributed by atoms with Crippen molar-refractivity contribution in [2.75, 3.05) is 6.54 Å². The Bertz CT molecular complexity index is 600. The fourth-order valence-electron chi connectivity index (χ4n) is 2.45. The van der Waals surface area contributed by atoms with Crippen LogP contribution in [-0.2, 0) is 0 Å². The summed E-state index contributed by atoms with van der Waals surface area (Å²) < 4.78 is 13.6. The first-order valence-corrected chi connectivity index (χ1v) is 6.77. The molecule has 1 heterocycles. The van der Waals surface area contributed by atoms with Crippen LogP contribution >= 0.6 is 0 Å². The van der Waals surface area contributed by atoms with Gasteiger partial charge in [-0.1, -0.05) is 19.8 Å². The van der Waals surface area contributed by atoms with E-state index in [1.165, 1.54) is 0 Å². The van der Waals surface area contributed by atoms with Gasteiger partial charge in [0.15, 0.2) is 0 Å². The van der Waals surface area contributed by atoms with E-state index >= 15 is 0 Å². The van der Waals surface area contributed by atoms with Crippen LogP contribution in [0.3, 0.4) is 0 Å². The van der Waals surface area contributed by atoms with Gasteiger partial charge in [-0.2, -0.15) is 4.39 Å². The van der Waals surface area contributed by atoms with Gasteiger partial charge in [0, 0.05) is 6.54 Å². The van der Waals surface area contributed by atoms with E-state index in [2.05, 4.69) is 12.2 Å². The van der Waals surface area contributed by atoms with E-state index in [9.17, 15) is 18.8 Å². The Kier molecular flexibility index (Phi) is 4.36. The van der Waals surface area contributed by atoms with Crippen molar-refractivity contribution in [2.45, 2.75) is 32.6 Å². The molecule has 1 saturated carbocycles. The highest BCUT2D eigenvalue weighted by Gasteiger charge is 2.19. The number of hydrogen-bond donors (Lipinski definition) is 2. The number of aromatic amines is 1. The Morgan fingerprint density at radius 2 is 2.05 bits per heavy atom. The van der Waals surface area contributed by atoms with Crippen molar-refractivity contribution in [2.24, 2.45) is 11.8 Å². The number of nitrogens with zero attached hydrogens (tertiary/aromatic N) is 1. The molecule has 1 aliphatic rings. The van der Waals surface area contributed by atoms with Gasteiger partial charge in [0.05, 0.1) is 6.20 Å². The number of aromatic nitrogens is 2. The van der Waals surface area contributed by atoms with Crippen LogP contribution in [0.4, 0.5) is 9.18 Å². The number of hydrogen-bond acceptors (Lipinski definition) is 3. The zero-order valence-electron chi connectivity index (χ0n) is 11.3. The third-order valence-corrected chi connectivity index (χ3v) is 3.79. The first-order valence-electron chi connectivity index (χ1n) is 6.77. The van der Waals surface area contributed by atoms with Gasteiger partial charge in [0.25, 0.3) is 5.56 Å². The van der Waals surface area contributed by atoms with Gasteiger partial charge in [0.2, 0.25) is 5.82 Å². The lowest BCUT2D eigenvalue weighted by Crippen LogP contribution is -2.42. The molecular weight excluding hydrogens is 265 g/mol. The van der Waals surface area contributed by atoms with Crippen molar-refractivity contribution in [3.63, 3.8) is 0 Å². The van der Waals surface area contributed by atoms with E-state index < -0.39 is 23.1 Å². The van der Waals surface area contributed by atoms with Gasteiger partial charge in [-0.3, -0.25) is 9.78 Å². The molecule has 0 unspecified atom stereocenters. The molecule has 0 spiro atoms. The quantitative estimate of drug-likeness (QED) is 0.851. The molecule has 2 N–H and O–H groups in total. The van der Waals surface area contributed by atoms with Crippen LogP contribution in [0.5, 0.6) is 0 Å². The Morgan fingerprint density at radius 1 is 1.40 bits per heavy atom. The number of H-pyrrole nitrogens is 1. The minimum absolute atomic E-state index is 0.387. The number of carbonyl (C=O) groups is 1. The molecule has 2 rings (SSSR count). The maximum Gasteiger partial charge on any atom is 0.336 e. The van der Waals surface area contributed by atoms with Crippen molar-refractivity contribution >= 4 is 6.03 Å². The Hall–Kier alpha value is -1.92. The molecule has 110 valence electrons. The molecule has 0 radical (unpaired) electrons. The number of nitrogens with one attached hydrogen (secondary N) is 2. The first-order chi connectivity index (χ1) is 9.47. The van der Waals surface area contributed by atoms with Crippen molar-refractivity contribution in [1.29, 1.82) is 0 Å². The average molecular weight is 283 g/mol. The van der Waals surface area contributed by atoms with Crippen molar-refractivity contribution in [3.8, 4) is 0 Å². The van der Waals surface area contributed by atoms with Gasteiger partial charge >= 0.3 is 11.7 Å². The van der Waals surface area contributed by atoms with Crippen molar-refractivity contribution in [1.82, 2.24) is 14.9 Å². The normalized spacial score (nSPS) is 22.5. The molecule has 1 aliphatic carbocycles. The lowest BCUT2D eigenvalue weighted by atomic mass is 9.83. The fourth-order valence-corrected chi connectivity index (χ4v) is 2.45. The van der Waals surface area contributed by atoms with Gasteiger partial charge < -0.3 is 5.32 Å². The summed E-state index contributed by atoms with van der Waals surface area (Å²) in [4.78, 5) is 35.8. The van der Waals surface area contributed by atoms with E-state index in [-0.39, 0.29) is 0 Å². The first kappa shape index (κ1) is 14.5. The predicted molar refractivity (Wildman–Crippen MR) is 71.2 cm³/mol. The summed E-state index contributed by atoms with van der Waals surface area (Å²) in [7, 11) is 0. The van der Waals surface area contributed by atoms with E-state index in [1.807, 2.05) is 0 Å². The highest BCUT2D eigenvalue weighted by atomic mass is 19.1. The fraction of sp³-hybridized carbons (Fsp3) is 0.615. The van der Waals surface area contributed by atoms with E-state index in [0.29, 0.717) is 23.2 Å². The smallest absolute Gasteiger partial charge is 0.336 e. The molecule has 0 aromatic carbocycles. The SMILES string of the molecule is CC1CCC(CNC(=O)n2cc(F)c(=O)[nH]c2=O)CC1.